The Morgan fingerprint density at radius 1 is 1.11 bits per heavy atom. The van der Waals surface area contributed by atoms with Gasteiger partial charge in [0.25, 0.3) is 0 Å². The molecule has 8 nitrogen and oxygen atoms in total. The second kappa shape index (κ2) is 10.7. The van der Waals surface area contributed by atoms with Gasteiger partial charge in [-0.3, -0.25) is 10.1 Å². The number of ether oxygens (including phenoxy) is 2. The molecule has 1 saturated heterocycles. The van der Waals surface area contributed by atoms with Crippen LogP contribution in [0.5, 0.6) is 5.75 Å². The van der Waals surface area contributed by atoms with Crippen LogP contribution in [0.1, 0.15) is 30.9 Å². The van der Waals surface area contributed by atoms with Gasteiger partial charge in [0.15, 0.2) is 5.75 Å². The van der Waals surface area contributed by atoms with Crippen LogP contribution in [0.15, 0.2) is 54.9 Å². The fourth-order valence-corrected chi connectivity index (χ4v) is 4.26. The zero-order valence-electron chi connectivity index (χ0n) is 19.9. The molecular weight excluding hydrogens is 477 g/mol. The minimum Gasteiger partial charge on any atom is -0.482 e. The first-order chi connectivity index (χ1) is 17.1. The van der Waals surface area contributed by atoms with E-state index in [9.17, 15) is 23.3 Å². The number of hydrogen-bond donors (Lipinski definition) is 2. The Labute approximate surface area is 207 Å². The van der Waals surface area contributed by atoms with Gasteiger partial charge in [-0.1, -0.05) is 12.1 Å². The Morgan fingerprint density at radius 2 is 1.78 bits per heavy atom. The van der Waals surface area contributed by atoms with Crippen LogP contribution in [0.25, 0.3) is 0 Å². The summed E-state index contributed by atoms with van der Waals surface area (Å²) in [5, 5.41) is 17.9. The Kier molecular flexibility index (Phi) is 7.58. The largest absolute Gasteiger partial charge is 0.482 e. The average Bonchev–Trinajstić information content (AvgIpc) is 3.29. The first-order valence-electron chi connectivity index (χ1n) is 11.7. The topological polar surface area (TPSA) is 88.9 Å². The molecule has 194 valence electrons. The van der Waals surface area contributed by atoms with Gasteiger partial charge >= 0.3 is 11.9 Å². The van der Waals surface area contributed by atoms with E-state index in [1.807, 2.05) is 13.0 Å². The third kappa shape index (κ3) is 6.39. The van der Waals surface area contributed by atoms with Crippen molar-refractivity contribution in [1.29, 1.82) is 0 Å². The van der Waals surface area contributed by atoms with Gasteiger partial charge in [-0.25, -0.2) is 0 Å². The Hall–Kier alpha value is -3.47. The fourth-order valence-electron chi connectivity index (χ4n) is 4.26. The predicted octanol–water partition coefficient (Wildman–Crippen LogP) is 4.81. The average molecular weight is 507 g/mol. The zero-order valence-corrected chi connectivity index (χ0v) is 19.9. The number of rotatable bonds is 9. The van der Waals surface area contributed by atoms with Gasteiger partial charge in [0.2, 0.25) is 0 Å². The van der Waals surface area contributed by atoms with Crippen LogP contribution < -0.4 is 20.3 Å². The van der Waals surface area contributed by atoms with Gasteiger partial charge in [0.1, 0.15) is 12.3 Å². The van der Waals surface area contributed by atoms with E-state index in [1.54, 1.807) is 24.5 Å². The van der Waals surface area contributed by atoms with E-state index >= 15 is 0 Å². The lowest BCUT2D eigenvalue weighted by Gasteiger charge is -2.33. The molecule has 11 heteroatoms. The van der Waals surface area contributed by atoms with E-state index in [1.165, 1.54) is 12.1 Å². The van der Waals surface area contributed by atoms with Crippen molar-refractivity contribution in [3.63, 3.8) is 0 Å². The Bertz CT molecular complexity index is 1080. The Morgan fingerprint density at radius 3 is 2.39 bits per heavy atom. The van der Waals surface area contributed by atoms with Gasteiger partial charge in [-0.05, 0) is 55.5 Å². The van der Waals surface area contributed by atoms with Gasteiger partial charge < -0.3 is 25.0 Å². The first kappa shape index (κ1) is 25.6. The number of alkyl halides is 3. The Balaban J connectivity index is 1.26. The third-order valence-corrected chi connectivity index (χ3v) is 6.43. The molecule has 0 bridgehead atoms. The number of nitro groups is 1. The molecule has 2 aliphatic heterocycles. The highest BCUT2D eigenvalue weighted by Crippen LogP contribution is 2.34. The van der Waals surface area contributed by atoms with Gasteiger partial charge in [-0.15, -0.1) is 0 Å². The van der Waals surface area contributed by atoms with Crippen molar-refractivity contribution in [2.45, 2.75) is 38.2 Å². The molecule has 0 aromatic heterocycles. The van der Waals surface area contributed by atoms with Crippen LogP contribution in [0.3, 0.4) is 0 Å². The van der Waals surface area contributed by atoms with Gasteiger partial charge in [0.05, 0.1) is 17.1 Å². The molecule has 2 aromatic rings. The van der Waals surface area contributed by atoms with E-state index in [-0.39, 0.29) is 24.7 Å². The molecular formula is C25H29F3N4O4. The minimum atomic E-state index is -4.35. The molecule has 1 fully saturated rings. The summed E-state index contributed by atoms with van der Waals surface area (Å²) in [5.41, 5.74) is 0.183. The SMILES string of the molecule is CC1(COc2ccc(N3CCC(COCc4ccc(C(F)(F)F)cc4)CC3)cc2[N+](=O)[O-])NC=CN1. The summed E-state index contributed by atoms with van der Waals surface area (Å²) in [4.78, 5) is 13.4. The number of nitrogens with zero attached hydrogens (tertiary/aromatic N) is 2. The molecule has 2 aliphatic rings. The molecule has 0 unspecified atom stereocenters. The van der Waals surface area contributed by atoms with Crippen molar-refractivity contribution >= 4 is 11.4 Å². The molecule has 0 atom stereocenters. The lowest BCUT2D eigenvalue weighted by Crippen LogP contribution is -2.50. The van der Waals surface area contributed by atoms with Crippen LogP contribution in [-0.2, 0) is 17.5 Å². The second-order valence-electron chi connectivity index (χ2n) is 9.29. The zero-order chi connectivity index (χ0) is 25.8. The van der Waals surface area contributed by atoms with Crippen LogP contribution in [0.2, 0.25) is 0 Å². The molecule has 0 spiro atoms. The van der Waals surface area contributed by atoms with Crippen molar-refractivity contribution in [3.8, 4) is 5.75 Å². The van der Waals surface area contributed by atoms with Crippen molar-refractivity contribution in [2.75, 3.05) is 31.2 Å². The molecule has 2 N–H and O–H groups in total. The van der Waals surface area contributed by atoms with E-state index < -0.39 is 22.3 Å². The summed E-state index contributed by atoms with van der Waals surface area (Å²) in [5.74, 6) is 0.529. The highest BCUT2D eigenvalue weighted by Gasteiger charge is 2.30. The van der Waals surface area contributed by atoms with Crippen molar-refractivity contribution in [3.05, 3.63) is 76.1 Å². The summed E-state index contributed by atoms with van der Waals surface area (Å²) in [6.45, 7) is 4.32. The summed E-state index contributed by atoms with van der Waals surface area (Å²) in [6, 6.07) is 10.0. The van der Waals surface area contributed by atoms with Gasteiger partial charge in [-0.2, -0.15) is 13.2 Å². The lowest BCUT2D eigenvalue weighted by molar-refractivity contribution is -0.385. The molecule has 0 saturated carbocycles. The molecule has 2 aromatic carbocycles. The van der Waals surface area contributed by atoms with Crippen LogP contribution in [-0.4, -0.2) is 36.9 Å². The number of anilines is 1. The highest BCUT2D eigenvalue weighted by atomic mass is 19.4. The lowest BCUT2D eigenvalue weighted by atomic mass is 9.97. The molecule has 4 rings (SSSR count). The van der Waals surface area contributed by atoms with Crippen molar-refractivity contribution < 1.29 is 27.6 Å². The van der Waals surface area contributed by atoms with Crippen LogP contribution >= 0.6 is 0 Å². The summed E-state index contributed by atoms with van der Waals surface area (Å²) >= 11 is 0. The highest BCUT2D eigenvalue weighted by molar-refractivity contribution is 5.60. The molecule has 36 heavy (non-hydrogen) atoms. The first-order valence-corrected chi connectivity index (χ1v) is 11.7. The fraction of sp³-hybridized carbons (Fsp3) is 0.440. The van der Waals surface area contributed by atoms with Crippen LogP contribution in [0.4, 0.5) is 24.5 Å². The van der Waals surface area contributed by atoms with E-state index in [4.69, 9.17) is 9.47 Å². The summed E-state index contributed by atoms with van der Waals surface area (Å²) in [6.07, 6.45) is 0.861. The van der Waals surface area contributed by atoms with Crippen molar-refractivity contribution in [1.82, 2.24) is 10.6 Å². The van der Waals surface area contributed by atoms with Gasteiger partial charge in [0, 0.05) is 43.9 Å². The predicted molar refractivity (Wildman–Crippen MR) is 128 cm³/mol. The molecule has 2 heterocycles. The second-order valence-corrected chi connectivity index (χ2v) is 9.29. The summed E-state index contributed by atoms with van der Waals surface area (Å²) in [7, 11) is 0. The monoisotopic (exact) mass is 506 g/mol. The van der Waals surface area contributed by atoms with Crippen molar-refractivity contribution in [2.24, 2.45) is 5.92 Å². The maximum Gasteiger partial charge on any atom is 0.416 e. The number of benzene rings is 2. The number of piperidine rings is 1. The summed E-state index contributed by atoms with van der Waals surface area (Å²) < 4.78 is 49.5. The molecule has 0 amide bonds. The van der Waals surface area contributed by atoms with E-state index in [0.717, 1.165) is 43.8 Å². The number of nitrogens with one attached hydrogen (secondary N) is 2. The minimum absolute atomic E-state index is 0.0796. The number of halogens is 3. The quantitative estimate of drug-likeness (QED) is 0.373. The molecule has 0 aliphatic carbocycles. The third-order valence-electron chi connectivity index (χ3n) is 6.43. The maximum absolute atomic E-state index is 12.7. The normalized spacial score (nSPS) is 17.5. The standard InChI is InChI=1S/C25H29F3N4O4/c1-24(29-10-11-30-24)17-36-23-7-6-21(14-22(23)32(33)34)31-12-8-19(9-13-31)16-35-15-18-2-4-20(5-3-18)25(26,27)28/h2-7,10-11,14,19,29-30H,8-9,12-13,15-17H2,1H3. The maximum atomic E-state index is 12.7. The number of hydrogen-bond acceptors (Lipinski definition) is 7. The van der Waals surface area contributed by atoms with E-state index in [0.29, 0.717) is 18.1 Å². The van der Waals surface area contributed by atoms with E-state index in [2.05, 4.69) is 15.5 Å². The molecule has 0 radical (unpaired) electrons. The smallest absolute Gasteiger partial charge is 0.416 e. The number of nitro benzene ring substituents is 1. The van der Waals surface area contributed by atoms with Crippen LogP contribution in [0, 0.1) is 16.0 Å².